The van der Waals surface area contributed by atoms with Crippen LogP contribution in [0.1, 0.15) is 190 Å². The van der Waals surface area contributed by atoms with Gasteiger partial charge in [0.2, 0.25) is 65.0 Å². The Hall–Kier alpha value is -5.86. The number of carbonyl (C=O) groups excluding carboxylic acids is 11. The molecule has 7 N–H and O–H groups in total. The number of aliphatic hydroxyl groups excluding tert-OH is 1. The molecule has 0 aliphatic carbocycles. The maximum absolute atomic E-state index is 15.5. The second kappa shape index (κ2) is 41.2. The first-order valence-corrected chi connectivity index (χ1v) is 36.7. The van der Waals surface area contributed by atoms with E-state index in [0.29, 0.717) is 5.75 Å². The fraction of sp³-hybridized carbons (Fsp3) is 0.819. The fourth-order valence-electron chi connectivity index (χ4n) is 12.1. The largest absolute Gasteiger partial charge is 0.390 e. The number of thioether (sulfide) groups is 1. The lowest BCUT2D eigenvalue weighted by Gasteiger charge is -2.41. The number of nitrogens with one attached hydrogen (secondary N) is 5. The number of nitrogens with zero attached hydrogens (tertiary/aromatic N) is 7. The van der Waals surface area contributed by atoms with Gasteiger partial charge in [-0.15, -0.1) is 0 Å². The maximum atomic E-state index is 15.5. The Labute approximate surface area is 593 Å². The van der Waals surface area contributed by atoms with Gasteiger partial charge in [0.1, 0.15) is 66.5 Å². The van der Waals surface area contributed by atoms with Gasteiger partial charge in [0.25, 0.3) is 0 Å². The topological polar surface area (TPSA) is 311 Å². The lowest BCUT2D eigenvalue weighted by molar-refractivity contribution is -0.157. The van der Waals surface area contributed by atoms with Crippen LogP contribution in [0.15, 0.2) is 12.2 Å². The normalized spacial score (nSPS) is 26.0. The molecule has 564 valence electrons. The van der Waals surface area contributed by atoms with Crippen molar-refractivity contribution in [2.45, 2.75) is 268 Å². The predicted octanol–water partition coefficient (Wildman–Crippen LogP) is 4.90. The Kier molecular flexibility index (Phi) is 37.9. The quantitative estimate of drug-likeness (QED) is 0.0529. The van der Waals surface area contributed by atoms with Crippen LogP contribution >= 0.6 is 11.8 Å². The summed E-state index contributed by atoms with van der Waals surface area (Å²) in [5.41, 5.74) is -1.51. The first-order chi connectivity index (χ1) is 45.1. The average molecular weight is 1410 g/mol. The summed E-state index contributed by atoms with van der Waals surface area (Å²) in [4.78, 5) is 173. The molecule has 0 aromatic carbocycles. The highest BCUT2D eigenvalue weighted by atomic mass is 32.2. The minimum Gasteiger partial charge on any atom is -0.390 e. The molecule has 1 fully saturated rings. The molecule has 11 amide bonds. The molecule has 0 spiro atoms. The zero-order valence-electron chi connectivity index (χ0n) is 65.0. The zero-order valence-corrected chi connectivity index (χ0v) is 65.8. The van der Waals surface area contributed by atoms with Gasteiger partial charge in [-0.3, -0.25) is 52.7 Å². The van der Waals surface area contributed by atoms with Crippen molar-refractivity contribution in [1.29, 1.82) is 0 Å². The van der Waals surface area contributed by atoms with Crippen LogP contribution in [0.4, 0.5) is 0 Å². The molecule has 25 nitrogen and oxygen atoms in total. The molecule has 26 heteroatoms. The van der Waals surface area contributed by atoms with Crippen molar-refractivity contribution in [3.63, 3.8) is 0 Å². The third-order valence-electron chi connectivity index (χ3n) is 18.2. The summed E-state index contributed by atoms with van der Waals surface area (Å²) >= 11 is 1.41. The Morgan fingerprint density at radius 1 is 0.510 bits per heavy atom. The molecular formula is C72H132N12O13S. The molecule has 1 aliphatic heterocycles. The Morgan fingerprint density at radius 3 is 1.44 bits per heavy atom. The summed E-state index contributed by atoms with van der Waals surface area (Å²) in [6, 6.07) is -14.4. The number of aliphatic hydroxyl groups is 2. The van der Waals surface area contributed by atoms with Crippen molar-refractivity contribution in [3.05, 3.63) is 12.2 Å². The lowest BCUT2D eigenvalue weighted by Crippen LogP contribution is -2.64. The molecule has 1 rings (SSSR count). The van der Waals surface area contributed by atoms with Gasteiger partial charge in [-0.2, -0.15) is 11.8 Å². The first kappa shape index (κ1) is 90.2. The van der Waals surface area contributed by atoms with E-state index in [-0.39, 0.29) is 67.4 Å². The third kappa shape index (κ3) is 27.6. The summed E-state index contributed by atoms with van der Waals surface area (Å²) < 4.78 is 0. The van der Waals surface area contributed by atoms with Crippen molar-refractivity contribution in [2.75, 3.05) is 73.9 Å². The van der Waals surface area contributed by atoms with Crippen molar-refractivity contribution < 1.29 is 63.0 Å². The van der Waals surface area contributed by atoms with Crippen LogP contribution < -0.4 is 26.6 Å². The highest BCUT2D eigenvalue weighted by Gasteiger charge is 2.47. The molecule has 0 radical (unpaired) electrons. The summed E-state index contributed by atoms with van der Waals surface area (Å²) in [5, 5.41) is 38.4. The number of amides is 11. The minimum atomic E-state index is -1.66. The Bertz CT molecular complexity index is 2660. The van der Waals surface area contributed by atoms with E-state index in [1.165, 1.54) is 113 Å². The smallest absolute Gasteiger partial charge is 0.246 e. The van der Waals surface area contributed by atoms with Gasteiger partial charge >= 0.3 is 0 Å². The van der Waals surface area contributed by atoms with Crippen molar-refractivity contribution in [3.8, 4) is 0 Å². The molecule has 0 unspecified atom stereocenters. The Balaban J connectivity index is 4.55. The predicted molar refractivity (Wildman–Crippen MR) is 388 cm³/mol. The lowest BCUT2D eigenvalue weighted by atomic mass is 9.91. The molecule has 0 aromatic rings. The number of carbonyl (C=O) groups is 11. The van der Waals surface area contributed by atoms with Gasteiger partial charge in [-0.1, -0.05) is 116 Å². The SMILES string of the molecule is C/C=C/C[C@@H](C)[C@@H](O)[C@H]1C(=O)N[C@@H](CC)C(=O)N(C)[C@H](CSCCCCNCC(C)(C)C)C(=O)N(C)[C@@H](CC(C)(C)O)C(=O)N[C@@H](C(C)C)C(=O)N(C)[C@@H](CC(C)C)C(=O)N[C@@H](C)C(=O)N[C@H](C)C(=O)N(C)[C@@H](CC(C)C)C(=O)N(C)[C@@H](CC(C)C)C(=O)N(C)[C@@H](C(C)C)C(=O)N1C. The fourth-order valence-corrected chi connectivity index (χ4v) is 13.3. The van der Waals surface area contributed by atoms with Crippen LogP contribution in [-0.4, -0.2) is 262 Å². The first-order valence-electron chi connectivity index (χ1n) is 35.5. The summed E-state index contributed by atoms with van der Waals surface area (Å²) in [6.07, 6.45) is 3.93. The highest BCUT2D eigenvalue weighted by Crippen LogP contribution is 2.27. The third-order valence-corrected chi connectivity index (χ3v) is 19.3. The van der Waals surface area contributed by atoms with Crippen molar-refractivity contribution in [2.24, 2.45) is 40.9 Å². The summed E-state index contributed by atoms with van der Waals surface area (Å²) in [6.45, 7) is 37.0. The van der Waals surface area contributed by atoms with Gasteiger partial charge in [-0.05, 0) is 139 Å². The second-order valence-electron chi connectivity index (χ2n) is 31.2. The second-order valence-corrected chi connectivity index (χ2v) is 32.4. The van der Waals surface area contributed by atoms with E-state index in [4.69, 9.17) is 0 Å². The van der Waals surface area contributed by atoms with E-state index in [9.17, 15) is 29.4 Å². The van der Waals surface area contributed by atoms with E-state index >= 15 is 33.6 Å². The molecule has 0 aromatic heterocycles. The number of rotatable bonds is 23. The zero-order chi connectivity index (χ0) is 75.9. The van der Waals surface area contributed by atoms with Gasteiger partial charge in [0.05, 0.1) is 11.7 Å². The molecule has 1 aliphatic rings. The number of unbranched alkanes of at least 4 members (excludes halogenated alkanes) is 1. The van der Waals surface area contributed by atoms with Crippen LogP contribution in [0.5, 0.6) is 0 Å². The van der Waals surface area contributed by atoms with E-state index < -0.39 is 161 Å². The molecule has 1 heterocycles. The molecule has 1 saturated heterocycles. The van der Waals surface area contributed by atoms with Crippen LogP contribution in [0, 0.1) is 40.9 Å². The summed E-state index contributed by atoms with van der Waals surface area (Å²) in [7, 11) is 9.91. The van der Waals surface area contributed by atoms with Crippen molar-refractivity contribution >= 4 is 76.7 Å². The summed E-state index contributed by atoms with van der Waals surface area (Å²) in [5.74, 6) is -9.65. The standard InChI is InChI=1S/C72H132N12O13S/c1-28-30-33-47(13)59(85)58-63(89)76-50(29-2)65(91)82(25)55(40-98-35-32-31-34-73-41-71(16,17)18)68(94)81(24)54(39-72(19,20)97)62(88)77-56(45(9)10)69(95)78(21)51(36-42(3)4)61(87)74-48(14)60(86)75-49(15)64(90)79(22)52(37-43(5)6)66(92)80(23)53(38-44(7)8)67(93)83(26)57(46(11)12)70(96)84(58)27/h28,30,42-59,73,85,97H,29,31-41H2,1-27H3,(H,74,87)(H,75,86)(H,76,89)(H,77,88)/b30-28+/t47-,48+,49-,50+,51+,52+,53+,54+,55-,56+,57+,58+,59-/m1/s1. The van der Waals surface area contributed by atoms with E-state index in [1.54, 1.807) is 54.5 Å². The van der Waals surface area contributed by atoms with Crippen LogP contribution in [-0.2, 0) is 52.7 Å². The van der Waals surface area contributed by atoms with E-state index in [1.807, 2.05) is 47.6 Å². The molecule has 13 atom stereocenters. The van der Waals surface area contributed by atoms with Gasteiger partial charge < -0.3 is 71.1 Å². The average Bonchev–Trinajstić information content (AvgIpc) is 0.802. The minimum absolute atomic E-state index is 0.0259. The van der Waals surface area contributed by atoms with Gasteiger partial charge in [0, 0.05) is 61.5 Å². The molecule has 0 saturated carbocycles. The molecular weight excluding hydrogens is 1270 g/mol. The van der Waals surface area contributed by atoms with Crippen LogP contribution in [0.25, 0.3) is 0 Å². The molecule has 98 heavy (non-hydrogen) atoms. The maximum Gasteiger partial charge on any atom is 0.246 e. The molecule has 0 bridgehead atoms. The monoisotopic (exact) mass is 1400 g/mol. The van der Waals surface area contributed by atoms with Gasteiger partial charge in [0.15, 0.2) is 0 Å². The number of likely N-dealkylation sites (N-methyl/N-ethyl adjacent to an activating group) is 7. The number of hydrogen-bond acceptors (Lipinski definition) is 15. The number of allylic oxidation sites excluding steroid dienone is 2. The highest BCUT2D eigenvalue weighted by molar-refractivity contribution is 7.99. The van der Waals surface area contributed by atoms with Crippen LogP contribution in [0.3, 0.4) is 0 Å². The van der Waals surface area contributed by atoms with E-state index in [2.05, 4.69) is 47.4 Å². The Morgan fingerprint density at radius 2 is 0.959 bits per heavy atom. The van der Waals surface area contributed by atoms with Gasteiger partial charge in [-0.25, -0.2) is 0 Å². The van der Waals surface area contributed by atoms with Crippen molar-refractivity contribution in [1.82, 2.24) is 60.9 Å². The van der Waals surface area contributed by atoms with Crippen LogP contribution in [0.2, 0.25) is 0 Å². The number of hydrogen-bond donors (Lipinski definition) is 7. The van der Waals surface area contributed by atoms with E-state index in [0.717, 1.165) is 35.7 Å².